The van der Waals surface area contributed by atoms with E-state index in [9.17, 15) is 4.39 Å². The molecule has 0 nitrogen and oxygen atoms in total. The minimum absolute atomic E-state index is 0.366. The molecule has 0 aliphatic rings. The van der Waals surface area contributed by atoms with E-state index < -0.39 is 5.83 Å². The van der Waals surface area contributed by atoms with E-state index >= 15 is 0 Å². The van der Waals surface area contributed by atoms with Gasteiger partial charge in [0.25, 0.3) is 0 Å². The van der Waals surface area contributed by atoms with E-state index in [0.29, 0.717) is 5.92 Å². The molecule has 0 atom stereocenters. The largest absolute Gasteiger partial charge is 0.208 e. The van der Waals surface area contributed by atoms with E-state index in [-0.39, 0.29) is 0 Å². The monoisotopic (exact) mass is 184 g/mol. The smallest absolute Gasteiger partial charge is 0.116 e. The summed E-state index contributed by atoms with van der Waals surface area (Å²) in [6, 6.07) is 0. The maximum absolute atomic E-state index is 12.3. The summed E-state index contributed by atoms with van der Waals surface area (Å²) in [6.45, 7) is 16.9. The summed E-state index contributed by atoms with van der Waals surface area (Å²) < 4.78 is 12.3. The molecule has 0 aromatic carbocycles. The van der Waals surface area contributed by atoms with Gasteiger partial charge in [0, 0.05) is 0 Å². The highest BCUT2D eigenvalue weighted by molar-refractivity contribution is 5.31. The van der Waals surface area contributed by atoms with E-state index in [0.717, 1.165) is 11.1 Å². The summed E-state index contributed by atoms with van der Waals surface area (Å²) in [6.07, 6.45) is 1.41. The first kappa shape index (κ1) is 14.7. The van der Waals surface area contributed by atoms with Gasteiger partial charge in [-0.05, 0) is 30.1 Å². The molecule has 0 heterocycles. The highest BCUT2D eigenvalue weighted by atomic mass is 19.1. The van der Waals surface area contributed by atoms with Crippen molar-refractivity contribution < 1.29 is 4.39 Å². The van der Waals surface area contributed by atoms with Gasteiger partial charge in [-0.25, -0.2) is 4.39 Å². The third-order valence-electron chi connectivity index (χ3n) is 1.58. The van der Waals surface area contributed by atoms with Crippen LogP contribution in [0.1, 0.15) is 34.6 Å². The maximum Gasteiger partial charge on any atom is 0.116 e. The second kappa shape index (κ2) is 7.78. The standard InChI is InChI=1S/C10H15F.C2H6/c1-7(2)10(5)8(3)6-9(4)11;1-2/h6-7H,4-5H2,1-3H3;1-2H3/b8-6-;. The Morgan fingerprint density at radius 3 is 1.85 bits per heavy atom. The van der Waals surface area contributed by atoms with Crippen molar-refractivity contribution in [1.29, 1.82) is 0 Å². The van der Waals surface area contributed by atoms with Crippen molar-refractivity contribution in [2.75, 3.05) is 0 Å². The Morgan fingerprint density at radius 2 is 1.62 bits per heavy atom. The van der Waals surface area contributed by atoms with Gasteiger partial charge in [0.05, 0.1) is 0 Å². The second-order valence-electron chi connectivity index (χ2n) is 2.95. The van der Waals surface area contributed by atoms with E-state index in [1.54, 1.807) is 0 Å². The summed E-state index contributed by atoms with van der Waals surface area (Å²) in [5.74, 6) is -0.0464. The molecule has 0 aromatic rings. The highest BCUT2D eigenvalue weighted by Gasteiger charge is 2.01. The van der Waals surface area contributed by atoms with Crippen LogP contribution in [0.5, 0.6) is 0 Å². The fraction of sp³-hybridized carbons (Fsp3) is 0.500. The molecule has 0 aromatic heterocycles. The van der Waals surface area contributed by atoms with Gasteiger partial charge < -0.3 is 0 Å². The van der Waals surface area contributed by atoms with Crippen LogP contribution in [0, 0.1) is 5.92 Å². The summed E-state index contributed by atoms with van der Waals surface area (Å²) in [4.78, 5) is 0. The molecular formula is C12H21F. The molecule has 0 aliphatic carbocycles. The molecule has 0 bridgehead atoms. The quantitative estimate of drug-likeness (QED) is 0.560. The zero-order valence-electron chi connectivity index (χ0n) is 9.45. The molecule has 0 fully saturated rings. The van der Waals surface area contributed by atoms with Gasteiger partial charge in [-0.2, -0.15) is 0 Å². The van der Waals surface area contributed by atoms with Gasteiger partial charge in [-0.15, -0.1) is 0 Å². The lowest BCUT2D eigenvalue weighted by Gasteiger charge is -2.08. The average Bonchev–Trinajstić information content (AvgIpc) is 2.05. The predicted octanol–water partition coefficient (Wildman–Crippen LogP) is 4.65. The van der Waals surface area contributed by atoms with Crippen LogP contribution in [0.2, 0.25) is 0 Å². The van der Waals surface area contributed by atoms with Crippen LogP contribution in [0.3, 0.4) is 0 Å². The zero-order chi connectivity index (χ0) is 11.0. The minimum atomic E-state index is -0.413. The molecule has 76 valence electrons. The fourth-order valence-corrected chi connectivity index (χ4v) is 0.783. The molecule has 13 heavy (non-hydrogen) atoms. The van der Waals surface area contributed by atoms with Crippen molar-refractivity contribution >= 4 is 0 Å². The van der Waals surface area contributed by atoms with Crippen molar-refractivity contribution in [2.24, 2.45) is 5.92 Å². The van der Waals surface area contributed by atoms with Crippen LogP contribution >= 0.6 is 0 Å². The second-order valence-corrected chi connectivity index (χ2v) is 2.95. The van der Waals surface area contributed by atoms with E-state index in [4.69, 9.17) is 0 Å². The number of allylic oxidation sites excluding steroid dienone is 4. The van der Waals surface area contributed by atoms with Gasteiger partial charge in [0.15, 0.2) is 0 Å². The molecule has 0 saturated heterocycles. The maximum atomic E-state index is 12.3. The molecule has 0 radical (unpaired) electrons. The lowest BCUT2D eigenvalue weighted by atomic mass is 9.98. The average molecular weight is 184 g/mol. The number of rotatable bonds is 3. The summed E-state index contributed by atoms with van der Waals surface area (Å²) in [5.41, 5.74) is 1.83. The van der Waals surface area contributed by atoms with E-state index in [1.165, 1.54) is 6.08 Å². The van der Waals surface area contributed by atoms with Crippen molar-refractivity contribution in [1.82, 2.24) is 0 Å². The lowest BCUT2D eigenvalue weighted by Crippen LogP contribution is -1.93. The van der Waals surface area contributed by atoms with Crippen molar-refractivity contribution in [2.45, 2.75) is 34.6 Å². The SMILES string of the molecule is C=C(F)/C=C(/C)C(=C)C(C)C.CC. The molecule has 0 saturated carbocycles. The summed E-state index contributed by atoms with van der Waals surface area (Å²) in [5, 5.41) is 0. The Kier molecular flexibility index (Phi) is 8.78. The Hall–Kier alpha value is -0.850. The van der Waals surface area contributed by atoms with Crippen molar-refractivity contribution in [3.63, 3.8) is 0 Å². The zero-order valence-corrected chi connectivity index (χ0v) is 9.45. The molecule has 0 spiro atoms. The predicted molar refractivity (Wildman–Crippen MR) is 59.3 cm³/mol. The molecule has 1 heteroatoms. The van der Waals surface area contributed by atoms with Crippen LogP contribution in [-0.4, -0.2) is 0 Å². The minimum Gasteiger partial charge on any atom is -0.208 e. The Balaban J connectivity index is 0. The van der Waals surface area contributed by atoms with Crippen LogP contribution in [0.4, 0.5) is 4.39 Å². The van der Waals surface area contributed by atoms with Gasteiger partial charge >= 0.3 is 0 Å². The van der Waals surface area contributed by atoms with Gasteiger partial charge in [0.1, 0.15) is 5.83 Å². The number of hydrogen-bond acceptors (Lipinski definition) is 0. The highest BCUT2D eigenvalue weighted by Crippen LogP contribution is 2.17. The topological polar surface area (TPSA) is 0 Å². The van der Waals surface area contributed by atoms with Gasteiger partial charge in [0.2, 0.25) is 0 Å². The normalized spacial score (nSPS) is 10.5. The summed E-state index contributed by atoms with van der Waals surface area (Å²) >= 11 is 0. The van der Waals surface area contributed by atoms with Gasteiger partial charge in [-0.1, -0.05) is 40.9 Å². The first-order chi connectivity index (χ1) is 5.95. The molecule has 0 unspecified atom stereocenters. The first-order valence-electron chi connectivity index (χ1n) is 4.67. The van der Waals surface area contributed by atoms with E-state index in [2.05, 4.69) is 13.2 Å². The molecular weight excluding hydrogens is 163 g/mol. The third-order valence-corrected chi connectivity index (χ3v) is 1.58. The molecule has 0 amide bonds. The van der Waals surface area contributed by atoms with Gasteiger partial charge in [-0.3, -0.25) is 0 Å². The van der Waals surface area contributed by atoms with Crippen molar-refractivity contribution in [3.05, 3.63) is 36.2 Å². The third kappa shape index (κ3) is 7.51. The number of halogens is 1. The number of hydrogen-bond donors (Lipinski definition) is 0. The lowest BCUT2D eigenvalue weighted by molar-refractivity contribution is 0.668. The Morgan fingerprint density at radius 1 is 1.23 bits per heavy atom. The fourth-order valence-electron chi connectivity index (χ4n) is 0.783. The van der Waals surface area contributed by atoms with Crippen LogP contribution in [0.25, 0.3) is 0 Å². The summed E-state index contributed by atoms with van der Waals surface area (Å²) in [7, 11) is 0. The Bertz CT molecular complexity index is 197. The Labute approximate surface area is 81.9 Å². The van der Waals surface area contributed by atoms with Crippen molar-refractivity contribution in [3.8, 4) is 0 Å². The van der Waals surface area contributed by atoms with Crippen LogP contribution < -0.4 is 0 Å². The molecule has 0 N–H and O–H groups in total. The van der Waals surface area contributed by atoms with Crippen LogP contribution in [-0.2, 0) is 0 Å². The van der Waals surface area contributed by atoms with E-state index in [1.807, 2.05) is 34.6 Å². The molecule has 0 aliphatic heterocycles. The molecule has 0 rings (SSSR count). The first-order valence-corrected chi connectivity index (χ1v) is 4.67. The van der Waals surface area contributed by atoms with Crippen LogP contribution in [0.15, 0.2) is 36.2 Å².